The van der Waals surface area contributed by atoms with Gasteiger partial charge in [0, 0.05) is 18.8 Å². The van der Waals surface area contributed by atoms with Crippen LogP contribution in [0.4, 0.5) is 5.82 Å². The summed E-state index contributed by atoms with van der Waals surface area (Å²) in [5, 5.41) is 3.26. The Kier molecular flexibility index (Phi) is 4.02. The molecule has 1 aromatic rings. The van der Waals surface area contributed by atoms with Crippen LogP contribution in [0.3, 0.4) is 0 Å². The molecular weight excluding hydrogens is 234 g/mol. The van der Waals surface area contributed by atoms with Gasteiger partial charge in [0.2, 0.25) is 0 Å². The van der Waals surface area contributed by atoms with Crippen LogP contribution < -0.4 is 10.2 Å². The third-order valence-electron chi connectivity index (χ3n) is 4.65. The Morgan fingerprint density at radius 2 is 2.11 bits per heavy atom. The Morgan fingerprint density at radius 3 is 2.89 bits per heavy atom. The van der Waals surface area contributed by atoms with Crippen LogP contribution in [-0.4, -0.2) is 31.7 Å². The molecule has 2 heterocycles. The first-order valence-corrected chi connectivity index (χ1v) is 7.75. The van der Waals surface area contributed by atoms with Crippen molar-refractivity contribution in [1.82, 2.24) is 10.3 Å². The van der Waals surface area contributed by atoms with Crippen molar-refractivity contribution in [2.75, 3.05) is 31.6 Å². The zero-order valence-electron chi connectivity index (χ0n) is 12.0. The highest BCUT2D eigenvalue weighted by atomic mass is 15.2. The quantitative estimate of drug-likeness (QED) is 0.900. The van der Waals surface area contributed by atoms with Gasteiger partial charge in [-0.3, -0.25) is 0 Å². The molecule has 2 aliphatic rings. The van der Waals surface area contributed by atoms with Gasteiger partial charge in [-0.25, -0.2) is 4.98 Å². The molecule has 3 rings (SSSR count). The van der Waals surface area contributed by atoms with Crippen LogP contribution in [0.5, 0.6) is 0 Å². The van der Waals surface area contributed by atoms with Crippen LogP contribution in [0.1, 0.15) is 36.9 Å². The molecule has 0 spiro atoms. The fraction of sp³-hybridized carbons (Fsp3) is 0.688. The lowest BCUT2D eigenvalue weighted by molar-refractivity contribution is 0.377. The lowest BCUT2D eigenvalue weighted by atomic mass is 9.93. The number of fused-ring (bicyclic) bond motifs is 1. The van der Waals surface area contributed by atoms with Gasteiger partial charge in [0.25, 0.3) is 0 Å². The van der Waals surface area contributed by atoms with Crippen LogP contribution >= 0.6 is 0 Å². The first kappa shape index (κ1) is 12.9. The molecule has 1 N–H and O–H groups in total. The van der Waals surface area contributed by atoms with E-state index in [-0.39, 0.29) is 0 Å². The monoisotopic (exact) mass is 259 g/mol. The maximum absolute atomic E-state index is 4.88. The first-order chi connectivity index (χ1) is 9.36. The molecule has 1 aliphatic carbocycles. The molecule has 19 heavy (non-hydrogen) atoms. The van der Waals surface area contributed by atoms with Gasteiger partial charge in [0.05, 0.1) is 0 Å². The van der Waals surface area contributed by atoms with Gasteiger partial charge >= 0.3 is 0 Å². The Morgan fingerprint density at radius 1 is 1.26 bits per heavy atom. The largest absolute Gasteiger partial charge is 0.357 e. The van der Waals surface area contributed by atoms with Gasteiger partial charge < -0.3 is 10.2 Å². The van der Waals surface area contributed by atoms with E-state index in [0.29, 0.717) is 0 Å². The molecule has 3 nitrogen and oxygen atoms in total. The molecule has 0 unspecified atom stereocenters. The summed E-state index contributed by atoms with van der Waals surface area (Å²) in [7, 11) is 2.05. The number of nitrogens with zero attached hydrogens (tertiary/aromatic N) is 2. The van der Waals surface area contributed by atoms with Crippen molar-refractivity contribution in [1.29, 1.82) is 0 Å². The number of rotatable bonds is 4. The predicted molar refractivity (Wildman–Crippen MR) is 79.7 cm³/mol. The highest BCUT2D eigenvalue weighted by Crippen LogP contribution is 2.27. The molecule has 3 heteroatoms. The summed E-state index contributed by atoms with van der Waals surface area (Å²) in [5.74, 6) is 2.12. The van der Waals surface area contributed by atoms with Crippen molar-refractivity contribution in [3.63, 3.8) is 0 Å². The average molecular weight is 259 g/mol. The minimum Gasteiger partial charge on any atom is -0.357 e. The Balaban J connectivity index is 1.59. The Hall–Kier alpha value is -1.09. The van der Waals surface area contributed by atoms with E-state index >= 15 is 0 Å². The Labute approximate surface area is 116 Å². The molecule has 0 aromatic carbocycles. The molecular formula is C16H25N3. The van der Waals surface area contributed by atoms with Gasteiger partial charge in [-0.1, -0.05) is 6.07 Å². The summed E-state index contributed by atoms with van der Waals surface area (Å²) >= 11 is 0. The van der Waals surface area contributed by atoms with Gasteiger partial charge in [0.15, 0.2) is 0 Å². The van der Waals surface area contributed by atoms with E-state index in [4.69, 9.17) is 4.98 Å². The molecule has 0 atom stereocenters. The maximum atomic E-state index is 4.88. The van der Waals surface area contributed by atoms with E-state index < -0.39 is 0 Å². The normalized spacial score (nSPS) is 19.7. The lowest BCUT2D eigenvalue weighted by Gasteiger charge is -2.33. The SMILES string of the molecule is CNCCC1CCN(c2ccc3c(n2)CCC3)CC1. The van der Waals surface area contributed by atoms with Crippen LogP contribution in [0.25, 0.3) is 0 Å². The fourth-order valence-electron chi connectivity index (χ4n) is 3.38. The van der Waals surface area contributed by atoms with Crippen molar-refractivity contribution in [2.45, 2.75) is 38.5 Å². The van der Waals surface area contributed by atoms with Gasteiger partial charge in [0.1, 0.15) is 5.82 Å². The van der Waals surface area contributed by atoms with Crippen molar-refractivity contribution in [2.24, 2.45) is 5.92 Å². The zero-order chi connectivity index (χ0) is 13.1. The number of hydrogen-bond donors (Lipinski definition) is 1. The standard InChI is InChI=1S/C16H25N3/c1-17-10-7-13-8-11-19(12-9-13)16-6-5-14-3-2-4-15(14)18-16/h5-6,13,17H,2-4,7-12H2,1H3. The summed E-state index contributed by atoms with van der Waals surface area (Å²) < 4.78 is 0. The van der Waals surface area contributed by atoms with Gasteiger partial charge in [-0.2, -0.15) is 0 Å². The smallest absolute Gasteiger partial charge is 0.128 e. The highest BCUT2D eigenvalue weighted by molar-refractivity contribution is 5.43. The van der Waals surface area contributed by atoms with Crippen LogP contribution in [0.2, 0.25) is 0 Å². The molecule has 1 aliphatic heterocycles. The van der Waals surface area contributed by atoms with Crippen molar-refractivity contribution < 1.29 is 0 Å². The number of hydrogen-bond acceptors (Lipinski definition) is 3. The maximum Gasteiger partial charge on any atom is 0.128 e. The second-order valence-corrected chi connectivity index (χ2v) is 5.95. The van der Waals surface area contributed by atoms with E-state index in [9.17, 15) is 0 Å². The van der Waals surface area contributed by atoms with E-state index in [1.54, 1.807) is 0 Å². The predicted octanol–water partition coefficient (Wildman–Crippen LogP) is 2.40. The fourth-order valence-corrected chi connectivity index (χ4v) is 3.38. The highest BCUT2D eigenvalue weighted by Gasteiger charge is 2.21. The van der Waals surface area contributed by atoms with Crippen LogP contribution in [0.15, 0.2) is 12.1 Å². The van der Waals surface area contributed by atoms with Gasteiger partial charge in [-0.15, -0.1) is 0 Å². The first-order valence-electron chi connectivity index (χ1n) is 7.75. The van der Waals surface area contributed by atoms with Crippen LogP contribution in [-0.2, 0) is 12.8 Å². The zero-order valence-corrected chi connectivity index (χ0v) is 12.0. The molecule has 1 aromatic heterocycles. The topological polar surface area (TPSA) is 28.2 Å². The second kappa shape index (κ2) is 5.91. The minimum atomic E-state index is 0.901. The number of nitrogens with one attached hydrogen (secondary N) is 1. The molecule has 0 radical (unpaired) electrons. The summed E-state index contributed by atoms with van der Waals surface area (Å²) in [6.45, 7) is 3.52. The van der Waals surface area contributed by atoms with Crippen molar-refractivity contribution >= 4 is 5.82 Å². The third-order valence-corrected chi connectivity index (χ3v) is 4.65. The Bertz CT molecular complexity index is 422. The van der Waals surface area contributed by atoms with Crippen LogP contribution in [0, 0.1) is 5.92 Å². The summed E-state index contributed by atoms with van der Waals surface area (Å²) in [6.07, 6.45) is 7.66. The van der Waals surface area contributed by atoms with Crippen molar-refractivity contribution in [3.8, 4) is 0 Å². The lowest BCUT2D eigenvalue weighted by Crippen LogP contribution is -2.35. The third kappa shape index (κ3) is 2.92. The average Bonchev–Trinajstić information content (AvgIpc) is 2.93. The van der Waals surface area contributed by atoms with E-state index in [1.807, 2.05) is 7.05 Å². The number of anilines is 1. The van der Waals surface area contributed by atoms with Crippen molar-refractivity contribution in [3.05, 3.63) is 23.4 Å². The number of piperidine rings is 1. The minimum absolute atomic E-state index is 0.901. The molecule has 104 valence electrons. The van der Waals surface area contributed by atoms with E-state index in [0.717, 1.165) is 12.5 Å². The number of pyridine rings is 1. The van der Waals surface area contributed by atoms with E-state index in [1.165, 1.54) is 68.7 Å². The number of aromatic nitrogens is 1. The second-order valence-electron chi connectivity index (χ2n) is 5.95. The molecule has 1 saturated heterocycles. The molecule has 0 bridgehead atoms. The van der Waals surface area contributed by atoms with Gasteiger partial charge in [-0.05, 0) is 69.7 Å². The molecule has 0 amide bonds. The summed E-state index contributed by atoms with van der Waals surface area (Å²) in [5.41, 5.74) is 2.84. The molecule has 0 saturated carbocycles. The molecule has 1 fully saturated rings. The number of aryl methyl sites for hydroxylation is 2. The van der Waals surface area contributed by atoms with E-state index in [2.05, 4.69) is 22.3 Å². The summed E-state index contributed by atoms with van der Waals surface area (Å²) in [4.78, 5) is 7.36. The summed E-state index contributed by atoms with van der Waals surface area (Å²) in [6, 6.07) is 4.54.